The lowest BCUT2D eigenvalue weighted by Gasteiger charge is -2.31. The van der Waals surface area contributed by atoms with E-state index in [1.807, 2.05) is 10.9 Å². The molecule has 1 N–H and O–H groups in total. The highest BCUT2D eigenvalue weighted by Gasteiger charge is 2.24. The van der Waals surface area contributed by atoms with Gasteiger partial charge in [-0.3, -0.25) is 4.68 Å². The Morgan fingerprint density at radius 2 is 2.00 bits per heavy atom. The molecule has 3 nitrogen and oxygen atoms in total. The maximum atomic E-state index is 4.41. The third-order valence-corrected chi connectivity index (χ3v) is 4.09. The van der Waals surface area contributed by atoms with Crippen molar-refractivity contribution < 1.29 is 0 Å². The van der Waals surface area contributed by atoms with Crippen LogP contribution in [0, 0.1) is 11.3 Å². The molecule has 0 saturated heterocycles. The third-order valence-electron chi connectivity index (χ3n) is 4.09. The zero-order valence-electron chi connectivity index (χ0n) is 13.5. The minimum Gasteiger partial charge on any atom is -0.310 e. The summed E-state index contributed by atoms with van der Waals surface area (Å²) >= 11 is 0. The van der Waals surface area contributed by atoms with Gasteiger partial charge in [-0.1, -0.05) is 34.6 Å². The predicted octanol–water partition coefficient (Wildman–Crippen LogP) is 4.02. The second kappa shape index (κ2) is 7.09. The number of hydrogen-bond donors (Lipinski definition) is 1. The van der Waals surface area contributed by atoms with Crippen molar-refractivity contribution in [1.29, 1.82) is 0 Å². The topological polar surface area (TPSA) is 29.9 Å². The summed E-state index contributed by atoms with van der Waals surface area (Å²) in [6.07, 6.45) is 6.54. The summed E-state index contributed by atoms with van der Waals surface area (Å²) in [7, 11) is 0. The van der Waals surface area contributed by atoms with Crippen molar-refractivity contribution in [2.75, 3.05) is 6.54 Å². The fourth-order valence-corrected chi connectivity index (χ4v) is 2.10. The van der Waals surface area contributed by atoms with Gasteiger partial charge < -0.3 is 5.32 Å². The fourth-order valence-electron chi connectivity index (χ4n) is 2.10. The molecule has 1 aromatic rings. The van der Waals surface area contributed by atoms with Gasteiger partial charge in [0.2, 0.25) is 0 Å². The molecule has 0 aliphatic carbocycles. The molecule has 1 aromatic heterocycles. The first-order valence-electron chi connectivity index (χ1n) is 7.64. The zero-order valence-corrected chi connectivity index (χ0v) is 13.5. The highest BCUT2D eigenvalue weighted by atomic mass is 15.3. The Labute approximate surface area is 118 Å². The first-order valence-corrected chi connectivity index (χ1v) is 7.64. The molecule has 2 atom stereocenters. The largest absolute Gasteiger partial charge is 0.310 e. The summed E-state index contributed by atoms with van der Waals surface area (Å²) in [5, 5.41) is 8.08. The van der Waals surface area contributed by atoms with E-state index in [4.69, 9.17) is 0 Å². The standard InChI is InChI=1S/C16H31N3/c1-7-9-17-15(10-13(3)16(4,5)6)14-11-18-19(8-2)12-14/h11-13,15,17H,7-10H2,1-6H3. The van der Waals surface area contributed by atoms with Gasteiger partial charge in [-0.25, -0.2) is 0 Å². The van der Waals surface area contributed by atoms with E-state index in [1.165, 1.54) is 18.4 Å². The average molecular weight is 265 g/mol. The maximum Gasteiger partial charge on any atom is 0.0537 e. The summed E-state index contributed by atoms with van der Waals surface area (Å²) in [5.74, 6) is 0.673. The number of rotatable bonds is 7. The van der Waals surface area contributed by atoms with E-state index in [9.17, 15) is 0 Å². The minimum atomic E-state index is 0.354. The van der Waals surface area contributed by atoms with Gasteiger partial charge in [0, 0.05) is 24.3 Å². The summed E-state index contributed by atoms with van der Waals surface area (Å²) in [4.78, 5) is 0. The van der Waals surface area contributed by atoms with Crippen molar-refractivity contribution in [1.82, 2.24) is 15.1 Å². The molecule has 2 unspecified atom stereocenters. The molecule has 0 aromatic carbocycles. The van der Waals surface area contributed by atoms with Crippen LogP contribution in [-0.4, -0.2) is 16.3 Å². The van der Waals surface area contributed by atoms with Crippen molar-refractivity contribution in [2.24, 2.45) is 11.3 Å². The van der Waals surface area contributed by atoms with Gasteiger partial charge in [0.15, 0.2) is 0 Å². The Morgan fingerprint density at radius 1 is 1.32 bits per heavy atom. The molecule has 0 aliphatic rings. The zero-order chi connectivity index (χ0) is 14.5. The first-order chi connectivity index (χ1) is 8.88. The molecular weight excluding hydrogens is 234 g/mol. The molecule has 0 bridgehead atoms. The van der Waals surface area contributed by atoms with E-state index in [0.29, 0.717) is 17.4 Å². The highest BCUT2D eigenvalue weighted by Crippen LogP contribution is 2.33. The van der Waals surface area contributed by atoms with E-state index in [-0.39, 0.29) is 0 Å². The van der Waals surface area contributed by atoms with Gasteiger partial charge in [0.1, 0.15) is 0 Å². The lowest BCUT2D eigenvalue weighted by molar-refractivity contribution is 0.223. The molecule has 1 heterocycles. The van der Waals surface area contributed by atoms with E-state index >= 15 is 0 Å². The summed E-state index contributed by atoms with van der Waals surface area (Å²) in [6, 6.07) is 0.425. The Bertz CT molecular complexity index is 362. The molecule has 1 rings (SSSR count). The van der Waals surface area contributed by atoms with Crippen molar-refractivity contribution in [3.8, 4) is 0 Å². The smallest absolute Gasteiger partial charge is 0.0537 e. The minimum absolute atomic E-state index is 0.354. The van der Waals surface area contributed by atoms with Gasteiger partial charge in [-0.15, -0.1) is 0 Å². The molecule has 0 radical (unpaired) electrons. The van der Waals surface area contributed by atoms with Crippen LogP contribution in [0.15, 0.2) is 12.4 Å². The lowest BCUT2D eigenvalue weighted by atomic mass is 9.78. The Hall–Kier alpha value is -0.830. The molecule has 3 heteroatoms. The van der Waals surface area contributed by atoms with Gasteiger partial charge >= 0.3 is 0 Å². The number of aromatic nitrogens is 2. The van der Waals surface area contributed by atoms with Gasteiger partial charge in [-0.05, 0) is 37.6 Å². The molecule has 110 valence electrons. The molecule has 0 amide bonds. The van der Waals surface area contributed by atoms with E-state index < -0.39 is 0 Å². The van der Waals surface area contributed by atoms with Crippen LogP contribution in [-0.2, 0) is 6.54 Å². The second-order valence-corrected chi connectivity index (χ2v) is 6.64. The quantitative estimate of drug-likeness (QED) is 0.807. The van der Waals surface area contributed by atoms with Crippen LogP contribution in [0.4, 0.5) is 0 Å². The van der Waals surface area contributed by atoms with Gasteiger partial charge in [0.25, 0.3) is 0 Å². The van der Waals surface area contributed by atoms with E-state index in [0.717, 1.165) is 13.1 Å². The van der Waals surface area contributed by atoms with Crippen LogP contribution < -0.4 is 5.32 Å². The Balaban J connectivity index is 2.76. The van der Waals surface area contributed by atoms with Gasteiger partial charge in [-0.2, -0.15) is 5.10 Å². The fraction of sp³-hybridized carbons (Fsp3) is 0.812. The van der Waals surface area contributed by atoms with Crippen LogP contribution >= 0.6 is 0 Å². The third kappa shape index (κ3) is 4.98. The molecular formula is C16H31N3. The second-order valence-electron chi connectivity index (χ2n) is 6.64. The summed E-state index contributed by atoms with van der Waals surface area (Å²) < 4.78 is 2.01. The van der Waals surface area contributed by atoms with E-state index in [2.05, 4.69) is 58.2 Å². The molecule has 0 saturated carbocycles. The van der Waals surface area contributed by atoms with Crippen molar-refractivity contribution in [3.05, 3.63) is 18.0 Å². The number of nitrogens with zero attached hydrogens (tertiary/aromatic N) is 2. The summed E-state index contributed by atoms with van der Waals surface area (Å²) in [5.41, 5.74) is 1.68. The molecule has 0 aliphatic heterocycles. The SMILES string of the molecule is CCCNC(CC(C)C(C)(C)C)c1cnn(CC)c1. The first kappa shape index (κ1) is 16.2. The van der Waals surface area contributed by atoms with Crippen LogP contribution in [0.3, 0.4) is 0 Å². The average Bonchev–Trinajstić information content (AvgIpc) is 2.81. The highest BCUT2D eigenvalue weighted by molar-refractivity contribution is 5.10. The Morgan fingerprint density at radius 3 is 2.47 bits per heavy atom. The van der Waals surface area contributed by atoms with Crippen molar-refractivity contribution in [2.45, 2.75) is 67.0 Å². The normalized spacial score (nSPS) is 15.5. The van der Waals surface area contributed by atoms with Crippen LogP contribution in [0.1, 0.15) is 66.0 Å². The predicted molar refractivity (Wildman–Crippen MR) is 82.2 cm³/mol. The number of hydrogen-bond acceptors (Lipinski definition) is 2. The van der Waals surface area contributed by atoms with Crippen LogP contribution in [0.5, 0.6) is 0 Å². The molecule has 0 fully saturated rings. The Kier molecular flexibility index (Phi) is 6.05. The molecule has 0 spiro atoms. The monoisotopic (exact) mass is 265 g/mol. The lowest BCUT2D eigenvalue weighted by Crippen LogP contribution is -2.28. The van der Waals surface area contributed by atoms with Crippen molar-refractivity contribution in [3.63, 3.8) is 0 Å². The number of aryl methyl sites for hydroxylation is 1. The molecule has 19 heavy (non-hydrogen) atoms. The van der Waals surface area contributed by atoms with Crippen molar-refractivity contribution >= 4 is 0 Å². The van der Waals surface area contributed by atoms with Gasteiger partial charge in [0.05, 0.1) is 6.20 Å². The summed E-state index contributed by atoms with van der Waals surface area (Å²) in [6.45, 7) is 15.7. The maximum absolute atomic E-state index is 4.41. The van der Waals surface area contributed by atoms with Crippen LogP contribution in [0.25, 0.3) is 0 Å². The van der Waals surface area contributed by atoms with E-state index in [1.54, 1.807) is 0 Å². The van der Waals surface area contributed by atoms with Crippen LogP contribution in [0.2, 0.25) is 0 Å². The number of nitrogens with one attached hydrogen (secondary N) is 1.